The fraction of sp³-hybridized carbons (Fsp3) is 0.688. The molecule has 3 amide bonds. The van der Waals surface area contributed by atoms with E-state index in [0.29, 0.717) is 64.4 Å². The highest BCUT2D eigenvalue weighted by molar-refractivity contribution is 5.95. The molecule has 2 aromatic rings. The van der Waals surface area contributed by atoms with Crippen LogP contribution in [-0.2, 0) is 25.5 Å². The van der Waals surface area contributed by atoms with Crippen molar-refractivity contribution in [1.29, 1.82) is 0 Å². The van der Waals surface area contributed by atoms with Crippen LogP contribution in [0.4, 0.5) is 9.18 Å². The molecular formula is C32H48FN5O6. The van der Waals surface area contributed by atoms with Crippen molar-refractivity contribution < 1.29 is 33.0 Å². The van der Waals surface area contributed by atoms with Gasteiger partial charge in [-0.1, -0.05) is 19.9 Å². The quantitative estimate of drug-likeness (QED) is 0.368. The molecule has 1 aromatic carbocycles. The molecule has 44 heavy (non-hydrogen) atoms. The highest BCUT2D eigenvalue weighted by Gasteiger charge is 2.42. The number of benzene rings is 1. The minimum Gasteiger partial charge on any atom is -0.444 e. The normalized spacial score (nSPS) is 19.5. The van der Waals surface area contributed by atoms with Crippen LogP contribution in [0, 0.1) is 17.7 Å². The van der Waals surface area contributed by atoms with Gasteiger partial charge < -0.3 is 33.5 Å². The third-order valence-electron chi connectivity index (χ3n) is 7.92. The lowest BCUT2D eigenvalue weighted by molar-refractivity contribution is -0.142. The molecule has 0 bridgehead atoms. The Balaban J connectivity index is 1.70. The minimum atomic E-state index is -0.723. The van der Waals surface area contributed by atoms with Crippen molar-refractivity contribution in [2.24, 2.45) is 11.8 Å². The lowest BCUT2D eigenvalue weighted by Gasteiger charge is -2.44. The van der Waals surface area contributed by atoms with Gasteiger partial charge in [0, 0.05) is 53.0 Å². The first-order valence-corrected chi connectivity index (χ1v) is 15.7. The van der Waals surface area contributed by atoms with Crippen LogP contribution in [0.15, 0.2) is 18.2 Å². The van der Waals surface area contributed by atoms with Gasteiger partial charge in [0.15, 0.2) is 11.6 Å². The first-order valence-electron chi connectivity index (χ1n) is 15.7. The van der Waals surface area contributed by atoms with Gasteiger partial charge >= 0.3 is 6.09 Å². The summed E-state index contributed by atoms with van der Waals surface area (Å²) in [6.07, 6.45) is 1.35. The van der Waals surface area contributed by atoms with Gasteiger partial charge in [0.05, 0.1) is 30.7 Å². The Morgan fingerprint density at radius 3 is 2.50 bits per heavy atom. The van der Waals surface area contributed by atoms with E-state index in [2.05, 4.69) is 4.98 Å². The molecule has 0 N–H and O–H groups in total. The van der Waals surface area contributed by atoms with Gasteiger partial charge in [-0.2, -0.15) is 0 Å². The maximum atomic E-state index is 14.9. The van der Waals surface area contributed by atoms with Crippen LogP contribution in [0.2, 0.25) is 0 Å². The number of methoxy groups -OCH3 is 1. The lowest BCUT2D eigenvalue weighted by Crippen LogP contribution is -2.58. The van der Waals surface area contributed by atoms with E-state index in [1.807, 2.05) is 13.8 Å². The number of unbranched alkanes of at least 4 members (excludes halogenated alkanes) is 1. The molecule has 4 rings (SSSR count). The summed E-state index contributed by atoms with van der Waals surface area (Å²) < 4.78 is 33.1. The first kappa shape index (κ1) is 33.6. The number of likely N-dealkylation sites (tertiary alicyclic amines) is 1. The van der Waals surface area contributed by atoms with Crippen molar-refractivity contribution in [3.05, 3.63) is 29.8 Å². The van der Waals surface area contributed by atoms with Gasteiger partial charge in [0.25, 0.3) is 5.91 Å². The maximum Gasteiger partial charge on any atom is 0.410 e. The molecule has 0 spiro atoms. The number of carbonyl (C=O) groups is 3. The maximum absolute atomic E-state index is 14.9. The fourth-order valence-corrected chi connectivity index (χ4v) is 5.93. The minimum absolute atomic E-state index is 0.0593. The molecule has 11 nitrogen and oxygen atoms in total. The highest BCUT2D eigenvalue weighted by Crippen LogP contribution is 2.28. The van der Waals surface area contributed by atoms with Crippen LogP contribution in [0.25, 0.3) is 11.0 Å². The van der Waals surface area contributed by atoms with Crippen molar-refractivity contribution in [3.63, 3.8) is 0 Å². The van der Waals surface area contributed by atoms with Gasteiger partial charge in [-0.05, 0) is 58.1 Å². The number of fused-ring (bicyclic) bond motifs is 1. The standard InChI is InChI=1S/C32H48FN5O6/c1-22(2)19-38(30(40)28-34-27-25(33)10-9-11-26(27)37(28)12-7-8-15-42-6)24-18-23(29(39)35-13-16-43-17-14-35)20-36(21-24)31(41)44-32(3,4)5/h9-11,22-24H,7-8,12-21H2,1-6H3/t23-,24+/m1/s1. The molecule has 1 aromatic heterocycles. The average Bonchev–Trinajstić information content (AvgIpc) is 3.36. The third kappa shape index (κ3) is 8.26. The summed E-state index contributed by atoms with van der Waals surface area (Å²) in [6, 6.07) is 4.25. The summed E-state index contributed by atoms with van der Waals surface area (Å²) in [7, 11) is 1.64. The SMILES string of the molecule is COCCCCn1c(C(=O)N(CC(C)C)[C@H]2C[C@@H](C(=O)N3CCOCC3)CN(C(=O)OC(C)(C)C)C2)nc2c(F)cccc21. The van der Waals surface area contributed by atoms with E-state index in [1.54, 1.807) is 59.3 Å². The van der Waals surface area contributed by atoms with Crippen molar-refractivity contribution in [2.45, 2.75) is 72.1 Å². The topological polar surface area (TPSA) is 106 Å². The van der Waals surface area contributed by atoms with E-state index < -0.39 is 29.5 Å². The molecular weight excluding hydrogens is 569 g/mol. The molecule has 2 aliphatic heterocycles. The molecule has 12 heteroatoms. The van der Waals surface area contributed by atoms with E-state index in [4.69, 9.17) is 14.2 Å². The predicted octanol–water partition coefficient (Wildman–Crippen LogP) is 4.18. The van der Waals surface area contributed by atoms with Crippen molar-refractivity contribution >= 4 is 28.9 Å². The van der Waals surface area contributed by atoms with Gasteiger partial charge in [-0.15, -0.1) is 0 Å². The number of amides is 3. The number of aromatic nitrogens is 2. The highest BCUT2D eigenvalue weighted by atomic mass is 19.1. The zero-order valence-corrected chi connectivity index (χ0v) is 27.0. The second kappa shape index (κ2) is 14.7. The molecule has 0 radical (unpaired) electrons. The zero-order valence-electron chi connectivity index (χ0n) is 27.0. The first-order chi connectivity index (χ1) is 20.9. The van der Waals surface area contributed by atoms with Gasteiger partial charge in [0.1, 0.15) is 11.1 Å². The second-order valence-electron chi connectivity index (χ2n) is 13.2. The van der Waals surface area contributed by atoms with Crippen LogP contribution in [0.5, 0.6) is 0 Å². The smallest absolute Gasteiger partial charge is 0.410 e. The Morgan fingerprint density at radius 2 is 1.84 bits per heavy atom. The van der Waals surface area contributed by atoms with Crippen LogP contribution in [-0.4, -0.2) is 113 Å². The summed E-state index contributed by atoms with van der Waals surface area (Å²) >= 11 is 0. The van der Waals surface area contributed by atoms with E-state index in [-0.39, 0.29) is 42.2 Å². The van der Waals surface area contributed by atoms with E-state index in [0.717, 1.165) is 6.42 Å². The number of morpholine rings is 1. The Labute approximate surface area is 259 Å². The number of ether oxygens (including phenoxy) is 3. The average molecular weight is 618 g/mol. The lowest BCUT2D eigenvalue weighted by atomic mass is 9.91. The Bertz CT molecular complexity index is 1300. The molecule has 0 saturated carbocycles. The van der Waals surface area contributed by atoms with Crippen LogP contribution in [0.1, 0.15) is 64.5 Å². The monoisotopic (exact) mass is 617 g/mol. The molecule has 3 heterocycles. The van der Waals surface area contributed by atoms with Gasteiger partial charge in [-0.25, -0.2) is 14.2 Å². The van der Waals surface area contributed by atoms with Gasteiger partial charge in [0.2, 0.25) is 5.91 Å². The fourth-order valence-electron chi connectivity index (χ4n) is 5.93. The van der Waals surface area contributed by atoms with E-state index >= 15 is 0 Å². The summed E-state index contributed by atoms with van der Waals surface area (Å²) in [4.78, 5) is 51.2. The number of para-hydroxylation sites is 1. The van der Waals surface area contributed by atoms with Crippen molar-refractivity contribution in [1.82, 2.24) is 24.3 Å². The van der Waals surface area contributed by atoms with Crippen LogP contribution < -0.4 is 0 Å². The number of rotatable bonds is 10. The van der Waals surface area contributed by atoms with Crippen LogP contribution in [0.3, 0.4) is 0 Å². The van der Waals surface area contributed by atoms with E-state index in [9.17, 15) is 18.8 Å². The predicted molar refractivity (Wildman–Crippen MR) is 164 cm³/mol. The summed E-state index contributed by atoms with van der Waals surface area (Å²) in [5.74, 6) is -1.19. The molecule has 244 valence electrons. The largest absolute Gasteiger partial charge is 0.444 e. The third-order valence-corrected chi connectivity index (χ3v) is 7.92. The summed E-state index contributed by atoms with van der Waals surface area (Å²) in [5, 5.41) is 0. The molecule has 2 aliphatic rings. The molecule has 2 fully saturated rings. The Hall–Kier alpha value is -3.25. The van der Waals surface area contributed by atoms with E-state index in [1.165, 1.54) is 6.07 Å². The number of aryl methyl sites for hydroxylation is 1. The summed E-state index contributed by atoms with van der Waals surface area (Å²) in [6.45, 7) is 13.2. The molecule has 0 unspecified atom stereocenters. The van der Waals surface area contributed by atoms with Crippen molar-refractivity contribution in [3.8, 4) is 0 Å². The number of hydrogen-bond donors (Lipinski definition) is 0. The Kier molecular flexibility index (Phi) is 11.2. The van der Waals surface area contributed by atoms with Crippen LogP contribution >= 0.6 is 0 Å². The number of halogens is 1. The number of nitrogens with zero attached hydrogens (tertiary/aromatic N) is 5. The second-order valence-corrected chi connectivity index (χ2v) is 13.2. The molecule has 2 atom stereocenters. The number of carbonyl (C=O) groups excluding carboxylic acids is 3. The number of imidazole rings is 1. The van der Waals surface area contributed by atoms with Crippen molar-refractivity contribution in [2.75, 3.05) is 59.7 Å². The zero-order chi connectivity index (χ0) is 32.0. The van der Waals surface area contributed by atoms with Gasteiger partial charge in [-0.3, -0.25) is 9.59 Å². The number of piperidine rings is 1. The number of hydrogen-bond acceptors (Lipinski definition) is 7. The summed E-state index contributed by atoms with van der Waals surface area (Å²) in [5.41, 5.74) is -0.0278. The Morgan fingerprint density at radius 1 is 1.11 bits per heavy atom. The molecule has 2 saturated heterocycles. The molecule has 0 aliphatic carbocycles.